The van der Waals surface area contributed by atoms with E-state index in [1.807, 2.05) is 0 Å². The van der Waals surface area contributed by atoms with Gasteiger partial charge in [-0.25, -0.2) is 0 Å². The molecule has 0 aromatic carbocycles. The molecule has 2 nitrogen and oxygen atoms in total. The Labute approximate surface area is 102 Å². The Kier molecular flexibility index (Phi) is 5.26. The second-order valence-electron chi connectivity index (χ2n) is 6.21. The maximum atomic E-state index is 2.72. The fourth-order valence-electron chi connectivity index (χ4n) is 2.95. The van der Waals surface area contributed by atoms with Crippen LogP contribution in [0.3, 0.4) is 0 Å². The summed E-state index contributed by atoms with van der Waals surface area (Å²) in [6, 6.07) is 0.773. The SMILES string of the molecule is CCCC(C)(C)CN1CCN(C)CC1CC. The molecule has 0 spiro atoms. The third-order valence-electron chi connectivity index (χ3n) is 3.84. The van der Waals surface area contributed by atoms with E-state index in [1.165, 1.54) is 45.4 Å². The maximum absolute atomic E-state index is 2.72. The van der Waals surface area contributed by atoms with Crippen molar-refractivity contribution >= 4 is 0 Å². The first-order valence-electron chi connectivity index (χ1n) is 6.91. The number of rotatable bonds is 5. The molecule has 1 aliphatic heterocycles. The molecule has 2 heteroatoms. The second-order valence-corrected chi connectivity index (χ2v) is 6.21. The largest absolute Gasteiger partial charge is 0.304 e. The molecule has 1 unspecified atom stereocenters. The van der Waals surface area contributed by atoms with Crippen molar-refractivity contribution in [2.75, 3.05) is 33.2 Å². The molecule has 0 aromatic rings. The minimum Gasteiger partial charge on any atom is -0.304 e. The van der Waals surface area contributed by atoms with Crippen molar-refractivity contribution in [1.82, 2.24) is 9.80 Å². The fourth-order valence-corrected chi connectivity index (χ4v) is 2.95. The Bertz CT molecular complexity index is 201. The van der Waals surface area contributed by atoms with Gasteiger partial charge in [0.15, 0.2) is 0 Å². The molecule has 1 atom stereocenters. The monoisotopic (exact) mass is 226 g/mol. The van der Waals surface area contributed by atoms with E-state index in [0.29, 0.717) is 5.41 Å². The number of nitrogens with zero attached hydrogens (tertiary/aromatic N) is 2. The lowest BCUT2D eigenvalue weighted by Gasteiger charge is -2.43. The Hall–Kier alpha value is -0.0800. The van der Waals surface area contributed by atoms with Crippen LogP contribution in [-0.2, 0) is 0 Å². The molecular weight excluding hydrogens is 196 g/mol. The Morgan fingerprint density at radius 2 is 1.88 bits per heavy atom. The number of hydrogen-bond acceptors (Lipinski definition) is 2. The molecule has 1 rings (SSSR count). The van der Waals surface area contributed by atoms with Crippen molar-refractivity contribution in [1.29, 1.82) is 0 Å². The lowest BCUT2D eigenvalue weighted by Crippen LogP contribution is -2.53. The summed E-state index contributed by atoms with van der Waals surface area (Å²) in [7, 11) is 2.25. The van der Waals surface area contributed by atoms with E-state index in [0.717, 1.165) is 6.04 Å². The Morgan fingerprint density at radius 1 is 1.19 bits per heavy atom. The van der Waals surface area contributed by atoms with Gasteiger partial charge >= 0.3 is 0 Å². The molecule has 0 aromatic heterocycles. The first kappa shape index (κ1) is 14.0. The standard InChI is InChI=1S/C14H30N2/c1-6-8-14(3,4)12-16-10-9-15(5)11-13(16)7-2/h13H,6-12H2,1-5H3. The third kappa shape index (κ3) is 4.06. The zero-order valence-corrected chi connectivity index (χ0v) is 11.9. The van der Waals surface area contributed by atoms with Crippen LogP contribution in [0, 0.1) is 5.41 Å². The smallest absolute Gasteiger partial charge is 0.0221 e. The minimum atomic E-state index is 0.484. The fraction of sp³-hybridized carbons (Fsp3) is 1.00. The van der Waals surface area contributed by atoms with Crippen LogP contribution in [0.1, 0.15) is 47.0 Å². The summed E-state index contributed by atoms with van der Waals surface area (Å²) in [5.74, 6) is 0. The molecule has 0 saturated carbocycles. The molecule has 0 bridgehead atoms. The lowest BCUT2D eigenvalue weighted by molar-refractivity contribution is 0.0521. The van der Waals surface area contributed by atoms with E-state index < -0.39 is 0 Å². The molecule has 0 amide bonds. The summed E-state index contributed by atoms with van der Waals surface area (Å²) in [5.41, 5.74) is 0.484. The highest BCUT2D eigenvalue weighted by molar-refractivity contribution is 4.83. The highest BCUT2D eigenvalue weighted by Gasteiger charge is 2.28. The number of likely N-dealkylation sites (N-methyl/N-ethyl adjacent to an activating group) is 1. The van der Waals surface area contributed by atoms with Gasteiger partial charge in [0.2, 0.25) is 0 Å². The van der Waals surface area contributed by atoms with Crippen LogP contribution in [0.4, 0.5) is 0 Å². The van der Waals surface area contributed by atoms with Crippen LogP contribution in [0.2, 0.25) is 0 Å². The molecular formula is C14H30N2. The molecule has 1 heterocycles. The number of piperazine rings is 1. The van der Waals surface area contributed by atoms with Crippen LogP contribution in [0.15, 0.2) is 0 Å². The average molecular weight is 226 g/mol. The summed E-state index contributed by atoms with van der Waals surface area (Å²) in [5, 5.41) is 0. The second kappa shape index (κ2) is 6.02. The molecule has 16 heavy (non-hydrogen) atoms. The maximum Gasteiger partial charge on any atom is 0.0221 e. The lowest BCUT2D eigenvalue weighted by atomic mass is 9.86. The Balaban J connectivity index is 2.51. The predicted octanol–water partition coefficient (Wildman–Crippen LogP) is 2.84. The van der Waals surface area contributed by atoms with Crippen LogP contribution < -0.4 is 0 Å². The van der Waals surface area contributed by atoms with Crippen molar-refractivity contribution in [2.24, 2.45) is 5.41 Å². The average Bonchev–Trinajstić information content (AvgIpc) is 2.20. The predicted molar refractivity (Wildman–Crippen MR) is 71.8 cm³/mol. The Morgan fingerprint density at radius 3 is 2.44 bits per heavy atom. The quantitative estimate of drug-likeness (QED) is 0.711. The zero-order chi connectivity index (χ0) is 12.2. The van der Waals surface area contributed by atoms with E-state index in [2.05, 4.69) is 44.5 Å². The van der Waals surface area contributed by atoms with Gasteiger partial charge in [0, 0.05) is 32.2 Å². The molecule has 1 saturated heterocycles. The molecule has 0 N–H and O–H groups in total. The van der Waals surface area contributed by atoms with E-state index in [-0.39, 0.29) is 0 Å². The summed E-state index contributed by atoms with van der Waals surface area (Å²) < 4.78 is 0. The van der Waals surface area contributed by atoms with E-state index in [9.17, 15) is 0 Å². The van der Waals surface area contributed by atoms with Gasteiger partial charge in [-0.15, -0.1) is 0 Å². The van der Waals surface area contributed by atoms with Gasteiger partial charge < -0.3 is 4.90 Å². The zero-order valence-electron chi connectivity index (χ0n) is 11.9. The van der Waals surface area contributed by atoms with Crippen LogP contribution in [0.25, 0.3) is 0 Å². The van der Waals surface area contributed by atoms with Crippen molar-refractivity contribution in [3.8, 4) is 0 Å². The van der Waals surface area contributed by atoms with E-state index >= 15 is 0 Å². The van der Waals surface area contributed by atoms with Crippen molar-refractivity contribution in [3.05, 3.63) is 0 Å². The molecule has 0 radical (unpaired) electrons. The van der Waals surface area contributed by atoms with Crippen molar-refractivity contribution < 1.29 is 0 Å². The normalized spacial score (nSPS) is 24.9. The van der Waals surface area contributed by atoms with Crippen LogP contribution in [-0.4, -0.2) is 49.1 Å². The molecule has 1 aliphatic rings. The first-order chi connectivity index (χ1) is 7.48. The molecule has 96 valence electrons. The van der Waals surface area contributed by atoms with Gasteiger partial charge in [0.05, 0.1) is 0 Å². The van der Waals surface area contributed by atoms with Gasteiger partial charge in [-0.1, -0.05) is 34.1 Å². The summed E-state index contributed by atoms with van der Waals surface area (Å²) in [4.78, 5) is 5.19. The highest BCUT2D eigenvalue weighted by atomic mass is 15.3. The van der Waals surface area contributed by atoms with Crippen molar-refractivity contribution in [3.63, 3.8) is 0 Å². The minimum absolute atomic E-state index is 0.484. The summed E-state index contributed by atoms with van der Waals surface area (Å²) in [6.45, 7) is 14.5. The van der Waals surface area contributed by atoms with E-state index in [1.54, 1.807) is 0 Å². The van der Waals surface area contributed by atoms with Crippen LogP contribution in [0.5, 0.6) is 0 Å². The van der Waals surface area contributed by atoms with Crippen LogP contribution >= 0.6 is 0 Å². The topological polar surface area (TPSA) is 6.48 Å². The van der Waals surface area contributed by atoms with Crippen molar-refractivity contribution in [2.45, 2.75) is 53.0 Å². The third-order valence-corrected chi connectivity index (χ3v) is 3.84. The van der Waals surface area contributed by atoms with E-state index in [4.69, 9.17) is 0 Å². The molecule has 1 fully saturated rings. The summed E-state index contributed by atoms with van der Waals surface area (Å²) in [6.07, 6.45) is 3.93. The van der Waals surface area contributed by atoms with Gasteiger partial charge in [0.1, 0.15) is 0 Å². The van der Waals surface area contributed by atoms with Gasteiger partial charge in [-0.05, 0) is 25.3 Å². The van der Waals surface area contributed by atoms with Gasteiger partial charge in [-0.2, -0.15) is 0 Å². The highest BCUT2D eigenvalue weighted by Crippen LogP contribution is 2.26. The molecule has 0 aliphatic carbocycles. The summed E-state index contributed by atoms with van der Waals surface area (Å²) >= 11 is 0. The van der Waals surface area contributed by atoms with Gasteiger partial charge in [-0.3, -0.25) is 4.90 Å². The van der Waals surface area contributed by atoms with Gasteiger partial charge in [0.25, 0.3) is 0 Å². The first-order valence-corrected chi connectivity index (χ1v) is 6.91. The number of hydrogen-bond donors (Lipinski definition) is 0.